The van der Waals surface area contributed by atoms with Gasteiger partial charge in [0.15, 0.2) is 6.29 Å². The van der Waals surface area contributed by atoms with Crippen LogP contribution in [0.5, 0.6) is 5.75 Å². The van der Waals surface area contributed by atoms with Gasteiger partial charge < -0.3 is 14.2 Å². The molecule has 0 bridgehead atoms. The third kappa shape index (κ3) is 9.99. The molecule has 3 nitrogen and oxygen atoms in total. The van der Waals surface area contributed by atoms with Gasteiger partial charge in [0.05, 0.1) is 19.8 Å². The summed E-state index contributed by atoms with van der Waals surface area (Å²) in [5, 5.41) is 0. The summed E-state index contributed by atoms with van der Waals surface area (Å²) in [6.45, 7) is 6.98. The number of unbranched alkanes of at least 4 members (excludes halogenated alkanes) is 5. The van der Waals surface area contributed by atoms with Crippen molar-refractivity contribution in [2.45, 2.75) is 116 Å². The van der Waals surface area contributed by atoms with E-state index in [4.69, 9.17) is 14.2 Å². The Morgan fingerprint density at radius 2 is 1.24 bits per heavy atom. The van der Waals surface area contributed by atoms with Gasteiger partial charge in [-0.3, -0.25) is 0 Å². The van der Waals surface area contributed by atoms with Gasteiger partial charge in [-0.05, 0) is 43.2 Å². The zero-order valence-corrected chi connectivity index (χ0v) is 21.6. The number of hydrogen-bond acceptors (Lipinski definition) is 3. The fourth-order valence-electron chi connectivity index (χ4n) is 5.52. The molecule has 2 aliphatic rings. The lowest BCUT2D eigenvalue weighted by atomic mass is 9.78. The molecule has 188 valence electrons. The second-order valence-electron chi connectivity index (χ2n) is 10.7. The van der Waals surface area contributed by atoms with Crippen molar-refractivity contribution in [1.82, 2.24) is 0 Å². The monoisotopic (exact) mass is 458 g/mol. The van der Waals surface area contributed by atoms with Crippen molar-refractivity contribution in [1.29, 1.82) is 0 Å². The van der Waals surface area contributed by atoms with E-state index in [0.717, 1.165) is 43.0 Å². The van der Waals surface area contributed by atoms with Crippen molar-refractivity contribution < 1.29 is 14.2 Å². The van der Waals surface area contributed by atoms with Gasteiger partial charge in [-0.15, -0.1) is 0 Å². The Hall–Kier alpha value is -1.06. The molecule has 0 unspecified atom stereocenters. The van der Waals surface area contributed by atoms with Crippen LogP contribution < -0.4 is 4.74 Å². The van der Waals surface area contributed by atoms with Crippen LogP contribution in [0.3, 0.4) is 0 Å². The van der Waals surface area contributed by atoms with Gasteiger partial charge in [-0.2, -0.15) is 0 Å². The van der Waals surface area contributed by atoms with Crippen LogP contribution in [0.15, 0.2) is 24.3 Å². The number of benzene rings is 1. The van der Waals surface area contributed by atoms with Gasteiger partial charge in [-0.25, -0.2) is 0 Å². The SMILES string of the molecule is CCCCCCC[C@H]1CC[C@H](CCCOc2ccc([C@H]3OC[C@H](CCCC)CO3)cc2)CC1. The van der Waals surface area contributed by atoms with Gasteiger partial charge in [0.25, 0.3) is 0 Å². The molecule has 0 spiro atoms. The highest BCUT2D eigenvalue weighted by Crippen LogP contribution is 2.34. The molecule has 0 aromatic heterocycles. The lowest BCUT2D eigenvalue weighted by Gasteiger charge is -2.29. The van der Waals surface area contributed by atoms with Gasteiger partial charge in [0.2, 0.25) is 0 Å². The van der Waals surface area contributed by atoms with Gasteiger partial charge in [0.1, 0.15) is 5.75 Å². The molecule has 2 fully saturated rings. The van der Waals surface area contributed by atoms with Crippen LogP contribution in [0.25, 0.3) is 0 Å². The highest BCUT2D eigenvalue weighted by molar-refractivity contribution is 5.28. The maximum Gasteiger partial charge on any atom is 0.183 e. The quantitative estimate of drug-likeness (QED) is 0.246. The molecule has 1 aliphatic carbocycles. The average molecular weight is 459 g/mol. The Labute approximate surface area is 204 Å². The third-order valence-corrected chi connectivity index (χ3v) is 7.79. The van der Waals surface area contributed by atoms with Crippen LogP contribution in [-0.2, 0) is 9.47 Å². The molecule has 1 aliphatic heterocycles. The first-order valence-electron chi connectivity index (χ1n) is 14.2. The van der Waals surface area contributed by atoms with Crippen LogP contribution in [0, 0.1) is 17.8 Å². The zero-order valence-electron chi connectivity index (χ0n) is 21.6. The van der Waals surface area contributed by atoms with Gasteiger partial charge >= 0.3 is 0 Å². The first-order valence-corrected chi connectivity index (χ1v) is 14.2. The molecule has 1 aromatic carbocycles. The molecule has 1 aromatic rings. The third-order valence-electron chi connectivity index (χ3n) is 7.79. The molecule has 1 saturated carbocycles. The fraction of sp³-hybridized carbons (Fsp3) is 0.800. The summed E-state index contributed by atoms with van der Waals surface area (Å²) in [4.78, 5) is 0. The van der Waals surface area contributed by atoms with E-state index in [1.165, 1.54) is 96.3 Å². The number of ether oxygens (including phenoxy) is 3. The van der Waals surface area contributed by atoms with Crippen LogP contribution in [0.1, 0.15) is 122 Å². The molecule has 0 atom stereocenters. The molecule has 0 amide bonds. The summed E-state index contributed by atoms with van der Waals surface area (Å²) in [7, 11) is 0. The van der Waals surface area contributed by atoms with E-state index in [0.29, 0.717) is 5.92 Å². The molecule has 3 rings (SSSR count). The Morgan fingerprint density at radius 1 is 0.667 bits per heavy atom. The Kier molecular flexibility index (Phi) is 12.7. The van der Waals surface area contributed by atoms with Crippen LogP contribution in [0.4, 0.5) is 0 Å². The Morgan fingerprint density at radius 3 is 1.88 bits per heavy atom. The van der Waals surface area contributed by atoms with Crippen molar-refractivity contribution in [2.24, 2.45) is 17.8 Å². The summed E-state index contributed by atoms with van der Waals surface area (Å²) in [6, 6.07) is 8.32. The van der Waals surface area contributed by atoms with Crippen LogP contribution >= 0.6 is 0 Å². The molecular weight excluding hydrogens is 408 g/mol. The normalized spacial score (nSPS) is 25.8. The second kappa shape index (κ2) is 15.8. The van der Waals surface area contributed by atoms with Crippen molar-refractivity contribution in [2.75, 3.05) is 19.8 Å². The van der Waals surface area contributed by atoms with E-state index >= 15 is 0 Å². The standard InChI is InChI=1S/C30H50O3/c1-3-5-7-8-9-12-25-14-16-26(17-15-25)13-10-22-31-29-20-18-28(19-21-29)30-32-23-27(24-33-30)11-6-4-2/h18-21,25-27,30H,3-17,22-24H2,1-2H3/t25-,26-,27-,30-. The van der Waals surface area contributed by atoms with E-state index in [2.05, 4.69) is 38.1 Å². The predicted octanol–water partition coefficient (Wildman–Crippen LogP) is 8.86. The lowest BCUT2D eigenvalue weighted by molar-refractivity contribution is -0.206. The minimum atomic E-state index is -0.219. The first-order chi connectivity index (χ1) is 16.3. The van der Waals surface area contributed by atoms with Crippen LogP contribution in [0.2, 0.25) is 0 Å². The molecule has 1 heterocycles. The smallest absolute Gasteiger partial charge is 0.183 e. The predicted molar refractivity (Wildman–Crippen MR) is 138 cm³/mol. The minimum absolute atomic E-state index is 0.219. The van der Waals surface area contributed by atoms with Crippen LogP contribution in [-0.4, -0.2) is 19.8 Å². The fourth-order valence-corrected chi connectivity index (χ4v) is 5.52. The molecule has 3 heteroatoms. The molecule has 1 saturated heterocycles. The van der Waals surface area contributed by atoms with Crippen molar-refractivity contribution >= 4 is 0 Å². The lowest BCUT2D eigenvalue weighted by Crippen LogP contribution is -2.27. The number of rotatable bonds is 15. The molecule has 0 N–H and O–H groups in total. The van der Waals surface area contributed by atoms with E-state index in [-0.39, 0.29) is 6.29 Å². The summed E-state index contributed by atoms with van der Waals surface area (Å²) < 4.78 is 17.9. The van der Waals surface area contributed by atoms with E-state index < -0.39 is 0 Å². The number of hydrogen-bond donors (Lipinski definition) is 0. The summed E-state index contributed by atoms with van der Waals surface area (Å²) in [5.74, 6) is 3.45. The van der Waals surface area contributed by atoms with Crippen molar-refractivity contribution in [3.63, 3.8) is 0 Å². The van der Waals surface area contributed by atoms with E-state index in [1.54, 1.807) is 0 Å². The molecular formula is C30H50O3. The summed E-state index contributed by atoms with van der Waals surface area (Å²) in [6.07, 6.45) is 20.4. The Bertz CT molecular complexity index is 597. The second-order valence-corrected chi connectivity index (χ2v) is 10.7. The summed E-state index contributed by atoms with van der Waals surface area (Å²) in [5.41, 5.74) is 1.10. The summed E-state index contributed by atoms with van der Waals surface area (Å²) >= 11 is 0. The minimum Gasteiger partial charge on any atom is -0.494 e. The topological polar surface area (TPSA) is 27.7 Å². The highest BCUT2D eigenvalue weighted by Gasteiger charge is 2.23. The van der Waals surface area contributed by atoms with E-state index in [1.807, 2.05) is 0 Å². The molecule has 0 radical (unpaired) electrons. The molecule has 33 heavy (non-hydrogen) atoms. The highest BCUT2D eigenvalue weighted by atomic mass is 16.7. The van der Waals surface area contributed by atoms with Gasteiger partial charge in [0, 0.05) is 11.5 Å². The van der Waals surface area contributed by atoms with Crippen molar-refractivity contribution in [3.05, 3.63) is 29.8 Å². The zero-order chi connectivity index (χ0) is 23.1. The Balaban J connectivity index is 1.23. The average Bonchev–Trinajstić information content (AvgIpc) is 2.87. The van der Waals surface area contributed by atoms with Crippen molar-refractivity contribution in [3.8, 4) is 5.75 Å². The largest absolute Gasteiger partial charge is 0.494 e. The maximum absolute atomic E-state index is 6.03. The van der Waals surface area contributed by atoms with Gasteiger partial charge in [-0.1, -0.05) is 103 Å². The maximum atomic E-state index is 6.03. The first kappa shape index (κ1) is 26.5. The van der Waals surface area contributed by atoms with E-state index in [9.17, 15) is 0 Å².